The maximum absolute atomic E-state index is 12.3. The Morgan fingerprint density at radius 1 is 1.14 bits per heavy atom. The number of carbonyl (C=O) groups excluding carboxylic acids is 2. The summed E-state index contributed by atoms with van der Waals surface area (Å²) in [5, 5.41) is 2.58. The van der Waals surface area contributed by atoms with Crippen molar-refractivity contribution in [1.29, 1.82) is 0 Å². The summed E-state index contributed by atoms with van der Waals surface area (Å²) in [4.78, 5) is 32.8. The van der Waals surface area contributed by atoms with E-state index in [1.54, 1.807) is 36.0 Å². The largest absolute Gasteiger partial charge is 0.486 e. The molecule has 0 radical (unpaired) electrons. The van der Waals surface area contributed by atoms with Crippen molar-refractivity contribution in [2.24, 2.45) is 0 Å². The Kier molecular flexibility index (Phi) is 5.29. The van der Waals surface area contributed by atoms with Crippen LogP contribution in [0, 0.1) is 0 Å². The van der Waals surface area contributed by atoms with Crippen LogP contribution < -0.4 is 9.47 Å². The molecule has 4 rings (SSSR count). The molecule has 0 saturated heterocycles. The molecule has 2 aromatic heterocycles. The van der Waals surface area contributed by atoms with Crippen LogP contribution >= 0.6 is 11.3 Å². The average Bonchev–Trinajstić information content (AvgIpc) is 3.20. The lowest BCUT2D eigenvalue weighted by atomic mass is 10.1. The number of benzene rings is 1. The number of carbonyl (C=O) groups is 2. The molecule has 28 heavy (non-hydrogen) atoms. The number of hydrogen-bond acceptors (Lipinski definition) is 8. The van der Waals surface area contributed by atoms with E-state index in [2.05, 4.69) is 9.97 Å². The molecule has 0 atom stereocenters. The summed E-state index contributed by atoms with van der Waals surface area (Å²) in [6.07, 6.45) is 3.41. The summed E-state index contributed by atoms with van der Waals surface area (Å²) in [5.74, 6) is 0.315. The van der Waals surface area contributed by atoms with Crippen molar-refractivity contribution in [3.05, 3.63) is 59.4 Å². The Morgan fingerprint density at radius 3 is 2.82 bits per heavy atom. The topological polar surface area (TPSA) is 87.6 Å². The quantitative estimate of drug-likeness (QED) is 0.468. The second-order valence-electron chi connectivity index (χ2n) is 6.00. The Morgan fingerprint density at radius 2 is 2.00 bits per heavy atom. The highest BCUT2D eigenvalue weighted by Crippen LogP contribution is 2.30. The number of hydrogen-bond donors (Lipinski definition) is 0. The lowest BCUT2D eigenvalue weighted by Gasteiger charge is -2.18. The van der Waals surface area contributed by atoms with E-state index in [1.807, 2.05) is 12.1 Å². The lowest BCUT2D eigenvalue weighted by Crippen LogP contribution is -2.18. The molecule has 0 amide bonds. The van der Waals surface area contributed by atoms with Crippen LogP contribution in [0.5, 0.6) is 11.5 Å². The van der Waals surface area contributed by atoms with Crippen LogP contribution in [0.3, 0.4) is 0 Å². The number of ketones is 1. The van der Waals surface area contributed by atoms with E-state index >= 15 is 0 Å². The Balaban J connectivity index is 1.32. The van der Waals surface area contributed by atoms with Crippen LogP contribution in [0.4, 0.5) is 0 Å². The molecule has 0 N–H and O–H groups in total. The molecule has 1 aliphatic heterocycles. The zero-order valence-electron chi connectivity index (χ0n) is 14.8. The smallest absolute Gasteiger partial charge is 0.312 e. The van der Waals surface area contributed by atoms with Crippen molar-refractivity contribution in [1.82, 2.24) is 9.97 Å². The highest BCUT2D eigenvalue weighted by atomic mass is 32.1. The van der Waals surface area contributed by atoms with Crippen molar-refractivity contribution in [2.45, 2.75) is 6.42 Å². The molecular weight excluding hydrogens is 380 g/mol. The predicted molar refractivity (Wildman–Crippen MR) is 102 cm³/mol. The number of ether oxygens (including phenoxy) is 3. The maximum Gasteiger partial charge on any atom is 0.312 e. The van der Waals surface area contributed by atoms with E-state index in [0.717, 1.165) is 10.6 Å². The molecule has 3 heterocycles. The van der Waals surface area contributed by atoms with E-state index in [4.69, 9.17) is 14.2 Å². The molecule has 0 spiro atoms. The van der Waals surface area contributed by atoms with Gasteiger partial charge in [0, 0.05) is 28.9 Å². The molecule has 0 aliphatic carbocycles. The normalized spacial score (nSPS) is 12.4. The number of fused-ring (bicyclic) bond motifs is 1. The molecule has 0 bridgehead atoms. The maximum atomic E-state index is 12.3. The third-order valence-electron chi connectivity index (χ3n) is 4.01. The summed E-state index contributed by atoms with van der Waals surface area (Å²) in [7, 11) is 0. The highest BCUT2D eigenvalue weighted by molar-refractivity contribution is 7.13. The van der Waals surface area contributed by atoms with Gasteiger partial charge >= 0.3 is 5.97 Å². The number of thiazole rings is 1. The molecule has 3 aromatic rings. The lowest BCUT2D eigenvalue weighted by molar-refractivity contribution is -0.141. The minimum atomic E-state index is -0.506. The van der Waals surface area contributed by atoms with Crippen molar-refractivity contribution < 1.29 is 23.8 Å². The van der Waals surface area contributed by atoms with Gasteiger partial charge in [-0.15, -0.1) is 11.3 Å². The van der Waals surface area contributed by atoms with Gasteiger partial charge < -0.3 is 14.2 Å². The van der Waals surface area contributed by atoms with Crippen molar-refractivity contribution in [2.75, 3.05) is 19.8 Å². The number of esters is 1. The van der Waals surface area contributed by atoms with E-state index in [0.29, 0.717) is 36.0 Å². The molecule has 1 aliphatic rings. The first-order valence-corrected chi connectivity index (χ1v) is 9.50. The van der Waals surface area contributed by atoms with Crippen LogP contribution in [0.25, 0.3) is 10.6 Å². The fourth-order valence-corrected chi connectivity index (χ4v) is 3.47. The minimum Gasteiger partial charge on any atom is -0.486 e. The van der Waals surface area contributed by atoms with Gasteiger partial charge in [-0.25, -0.2) is 4.98 Å². The summed E-state index contributed by atoms with van der Waals surface area (Å²) in [5.41, 5.74) is 1.89. The number of nitrogens with zero attached hydrogens (tertiary/aromatic N) is 2. The first-order valence-electron chi connectivity index (χ1n) is 8.62. The summed E-state index contributed by atoms with van der Waals surface area (Å²) in [6.45, 7) is 0.587. The summed E-state index contributed by atoms with van der Waals surface area (Å²) >= 11 is 1.43. The van der Waals surface area contributed by atoms with Crippen LogP contribution in [-0.2, 0) is 16.0 Å². The van der Waals surface area contributed by atoms with Gasteiger partial charge in [-0.3, -0.25) is 14.6 Å². The van der Waals surface area contributed by atoms with E-state index < -0.39 is 5.97 Å². The molecule has 0 unspecified atom stereocenters. The zero-order chi connectivity index (χ0) is 19.3. The first kappa shape index (κ1) is 18.1. The molecule has 7 nitrogen and oxygen atoms in total. The SMILES string of the molecule is O=C(Cc1csc(-c2cccnc2)n1)OCC(=O)c1ccc2c(c1)OCCO2. The van der Waals surface area contributed by atoms with Crippen molar-refractivity contribution >= 4 is 23.1 Å². The number of Topliss-reactive ketones (excluding diaryl/α,β-unsaturated/α-hetero) is 1. The van der Waals surface area contributed by atoms with Crippen LogP contribution in [0.1, 0.15) is 16.1 Å². The van der Waals surface area contributed by atoms with Gasteiger partial charge in [-0.05, 0) is 30.3 Å². The van der Waals surface area contributed by atoms with E-state index in [9.17, 15) is 9.59 Å². The zero-order valence-corrected chi connectivity index (χ0v) is 15.6. The number of pyridine rings is 1. The van der Waals surface area contributed by atoms with Gasteiger partial charge in [0.2, 0.25) is 0 Å². The molecule has 0 saturated carbocycles. The second kappa shape index (κ2) is 8.18. The Bertz CT molecular complexity index is 1000. The first-order chi connectivity index (χ1) is 13.7. The molecule has 0 fully saturated rings. The van der Waals surface area contributed by atoms with Gasteiger partial charge in [-0.1, -0.05) is 0 Å². The van der Waals surface area contributed by atoms with Crippen molar-refractivity contribution in [3.63, 3.8) is 0 Å². The highest BCUT2D eigenvalue weighted by Gasteiger charge is 2.17. The van der Waals surface area contributed by atoms with Gasteiger partial charge in [-0.2, -0.15) is 0 Å². The Hall–Kier alpha value is -3.26. The fraction of sp³-hybridized carbons (Fsp3) is 0.200. The monoisotopic (exact) mass is 396 g/mol. The van der Waals surface area contributed by atoms with Crippen LogP contribution in [-0.4, -0.2) is 41.5 Å². The van der Waals surface area contributed by atoms with E-state index in [1.165, 1.54) is 11.3 Å². The van der Waals surface area contributed by atoms with Crippen LogP contribution in [0.15, 0.2) is 48.1 Å². The van der Waals surface area contributed by atoms with Crippen molar-refractivity contribution in [3.8, 4) is 22.1 Å². The fourth-order valence-electron chi connectivity index (χ4n) is 2.66. The third-order valence-corrected chi connectivity index (χ3v) is 4.95. The van der Waals surface area contributed by atoms with Gasteiger partial charge in [0.05, 0.1) is 12.1 Å². The third kappa shape index (κ3) is 4.17. The second-order valence-corrected chi connectivity index (χ2v) is 6.86. The van der Waals surface area contributed by atoms with Gasteiger partial charge in [0.15, 0.2) is 23.9 Å². The number of aromatic nitrogens is 2. The van der Waals surface area contributed by atoms with Gasteiger partial charge in [0.25, 0.3) is 0 Å². The Labute approximate surface area is 164 Å². The predicted octanol–water partition coefficient (Wildman–Crippen LogP) is 2.94. The molecular formula is C20H16N2O5S. The molecule has 142 valence electrons. The minimum absolute atomic E-state index is 0.00514. The average molecular weight is 396 g/mol. The number of rotatable bonds is 6. The summed E-state index contributed by atoms with van der Waals surface area (Å²) in [6, 6.07) is 8.64. The standard InChI is InChI=1S/C20H16N2O5S/c23-16(13-3-4-17-18(8-13)26-7-6-25-17)11-27-19(24)9-15-12-28-20(22-15)14-2-1-5-21-10-14/h1-5,8,10,12H,6-7,9,11H2. The van der Waals surface area contributed by atoms with Gasteiger partial charge in [0.1, 0.15) is 18.2 Å². The van der Waals surface area contributed by atoms with E-state index in [-0.39, 0.29) is 18.8 Å². The molecule has 1 aromatic carbocycles. The van der Waals surface area contributed by atoms with Crippen LogP contribution in [0.2, 0.25) is 0 Å². The molecule has 8 heteroatoms. The summed E-state index contributed by atoms with van der Waals surface area (Å²) < 4.78 is 16.0.